The zero-order valence-electron chi connectivity index (χ0n) is 14.6. The van der Waals surface area contributed by atoms with Gasteiger partial charge in [0.25, 0.3) is 5.91 Å². The van der Waals surface area contributed by atoms with Crippen molar-refractivity contribution >= 4 is 17.6 Å². The van der Waals surface area contributed by atoms with Crippen LogP contribution >= 0.6 is 0 Å². The summed E-state index contributed by atoms with van der Waals surface area (Å²) >= 11 is 0. The number of carbonyl (C=O) groups excluding carboxylic acids is 2. The Bertz CT molecular complexity index is 568. The number of methoxy groups -OCH3 is 2. The molecular weight excluding hydrogens is 298 g/mol. The molecule has 0 fully saturated rings. The van der Waals surface area contributed by atoms with Crippen molar-refractivity contribution < 1.29 is 23.8 Å². The van der Waals surface area contributed by atoms with E-state index in [1.807, 2.05) is 13.8 Å². The van der Waals surface area contributed by atoms with Crippen LogP contribution in [-0.2, 0) is 14.3 Å². The summed E-state index contributed by atoms with van der Waals surface area (Å²) in [6.07, 6.45) is 0.771. The Labute approximate surface area is 137 Å². The number of esters is 1. The van der Waals surface area contributed by atoms with E-state index in [-0.39, 0.29) is 17.6 Å². The van der Waals surface area contributed by atoms with E-state index in [1.165, 1.54) is 20.3 Å². The van der Waals surface area contributed by atoms with Crippen LogP contribution in [0.3, 0.4) is 0 Å². The predicted octanol–water partition coefficient (Wildman–Crippen LogP) is 3.01. The highest BCUT2D eigenvalue weighted by Crippen LogP contribution is 2.26. The van der Waals surface area contributed by atoms with Gasteiger partial charge in [-0.05, 0) is 45.4 Å². The molecule has 0 aliphatic carbocycles. The van der Waals surface area contributed by atoms with Crippen LogP contribution in [0.5, 0.6) is 5.75 Å². The molecule has 1 atom stereocenters. The summed E-state index contributed by atoms with van der Waals surface area (Å²) in [4.78, 5) is 24.1. The van der Waals surface area contributed by atoms with Crippen molar-refractivity contribution in [3.05, 3.63) is 23.8 Å². The second-order valence-corrected chi connectivity index (χ2v) is 5.71. The highest BCUT2D eigenvalue weighted by atomic mass is 16.5. The number of nitrogens with one attached hydrogen (secondary N) is 1. The molecule has 1 unspecified atom stereocenters. The third kappa shape index (κ3) is 4.96. The van der Waals surface area contributed by atoms with E-state index >= 15 is 0 Å². The van der Waals surface area contributed by atoms with Gasteiger partial charge in [-0.15, -0.1) is 0 Å². The Hall–Kier alpha value is -2.08. The standard InChI is InChI=1S/C17H25NO5/c1-7-11(2)23-14-9-8-12(10-13(14)15(19)21-5)18-16(20)17(3,4)22-6/h8-11H,7H2,1-6H3,(H,18,20). The fourth-order valence-corrected chi connectivity index (χ4v) is 1.65. The van der Waals surface area contributed by atoms with Crippen LogP contribution in [0.1, 0.15) is 44.5 Å². The Morgan fingerprint density at radius 1 is 1.26 bits per heavy atom. The Morgan fingerprint density at radius 2 is 1.91 bits per heavy atom. The van der Waals surface area contributed by atoms with Crippen LogP contribution in [0, 0.1) is 0 Å². The Balaban J connectivity index is 3.09. The third-order valence-corrected chi connectivity index (χ3v) is 3.60. The number of hydrogen-bond donors (Lipinski definition) is 1. The molecule has 1 N–H and O–H groups in total. The summed E-state index contributed by atoms with van der Waals surface area (Å²) in [5, 5.41) is 2.72. The van der Waals surface area contributed by atoms with Gasteiger partial charge in [-0.1, -0.05) is 6.92 Å². The zero-order valence-corrected chi connectivity index (χ0v) is 14.6. The lowest BCUT2D eigenvalue weighted by Crippen LogP contribution is -2.38. The van der Waals surface area contributed by atoms with Crippen LogP contribution in [0.15, 0.2) is 18.2 Å². The van der Waals surface area contributed by atoms with E-state index in [2.05, 4.69) is 5.32 Å². The Kier molecular flexibility index (Phi) is 6.57. The van der Waals surface area contributed by atoms with Gasteiger partial charge in [0.05, 0.1) is 13.2 Å². The second-order valence-electron chi connectivity index (χ2n) is 5.71. The van der Waals surface area contributed by atoms with Crippen molar-refractivity contribution in [1.82, 2.24) is 0 Å². The molecule has 1 rings (SSSR count). The normalized spacial score (nSPS) is 12.4. The van der Waals surface area contributed by atoms with Crippen LogP contribution in [0.25, 0.3) is 0 Å². The fourth-order valence-electron chi connectivity index (χ4n) is 1.65. The van der Waals surface area contributed by atoms with Crippen molar-refractivity contribution in [1.29, 1.82) is 0 Å². The lowest BCUT2D eigenvalue weighted by molar-refractivity contribution is -0.133. The molecule has 0 saturated carbocycles. The molecule has 0 aliphatic heterocycles. The molecular formula is C17H25NO5. The molecule has 0 radical (unpaired) electrons. The topological polar surface area (TPSA) is 73.9 Å². The van der Waals surface area contributed by atoms with E-state index in [9.17, 15) is 9.59 Å². The summed E-state index contributed by atoms with van der Waals surface area (Å²) in [6.45, 7) is 7.22. The smallest absolute Gasteiger partial charge is 0.341 e. The molecule has 0 bridgehead atoms. The monoisotopic (exact) mass is 323 g/mol. The quantitative estimate of drug-likeness (QED) is 0.781. The van der Waals surface area contributed by atoms with Crippen molar-refractivity contribution in [3.8, 4) is 5.75 Å². The van der Waals surface area contributed by atoms with Gasteiger partial charge >= 0.3 is 5.97 Å². The molecule has 0 spiro atoms. The van der Waals surface area contributed by atoms with Gasteiger partial charge in [-0.3, -0.25) is 4.79 Å². The van der Waals surface area contributed by atoms with Crippen LogP contribution < -0.4 is 10.1 Å². The van der Waals surface area contributed by atoms with Gasteiger partial charge in [0, 0.05) is 12.8 Å². The first-order valence-corrected chi connectivity index (χ1v) is 7.50. The maximum absolute atomic E-state index is 12.1. The molecule has 1 aromatic rings. The van der Waals surface area contributed by atoms with Crippen LogP contribution in [0.4, 0.5) is 5.69 Å². The van der Waals surface area contributed by atoms with Crippen molar-refractivity contribution in [2.75, 3.05) is 19.5 Å². The van der Waals surface area contributed by atoms with Gasteiger partial charge < -0.3 is 19.5 Å². The molecule has 23 heavy (non-hydrogen) atoms. The lowest BCUT2D eigenvalue weighted by Gasteiger charge is -2.22. The summed E-state index contributed by atoms with van der Waals surface area (Å²) in [6, 6.07) is 4.86. The average Bonchev–Trinajstić information content (AvgIpc) is 2.55. The SMILES string of the molecule is CCC(C)Oc1ccc(NC(=O)C(C)(C)OC)cc1C(=O)OC. The van der Waals surface area contributed by atoms with Crippen LogP contribution in [0.2, 0.25) is 0 Å². The predicted molar refractivity (Wildman–Crippen MR) is 87.9 cm³/mol. The van der Waals surface area contributed by atoms with E-state index in [0.717, 1.165) is 6.42 Å². The molecule has 0 aliphatic rings. The number of hydrogen-bond acceptors (Lipinski definition) is 5. The van der Waals surface area contributed by atoms with E-state index in [4.69, 9.17) is 14.2 Å². The van der Waals surface area contributed by atoms with Crippen LogP contribution in [-0.4, -0.2) is 37.8 Å². The van der Waals surface area contributed by atoms with Gasteiger partial charge in [0.15, 0.2) is 0 Å². The van der Waals surface area contributed by atoms with Gasteiger partial charge in [-0.25, -0.2) is 4.79 Å². The summed E-state index contributed by atoms with van der Waals surface area (Å²) in [5.74, 6) is -0.410. The summed E-state index contributed by atoms with van der Waals surface area (Å²) in [5.41, 5.74) is -0.241. The summed E-state index contributed by atoms with van der Waals surface area (Å²) < 4.78 is 15.6. The molecule has 0 heterocycles. The molecule has 6 heteroatoms. The maximum atomic E-state index is 12.1. The number of amides is 1. The molecule has 0 saturated heterocycles. The minimum absolute atomic E-state index is 0.0359. The third-order valence-electron chi connectivity index (χ3n) is 3.60. The van der Waals surface area contributed by atoms with Crippen molar-refractivity contribution in [2.45, 2.75) is 45.8 Å². The lowest BCUT2D eigenvalue weighted by atomic mass is 10.1. The second kappa shape index (κ2) is 7.97. The van der Waals surface area contributed by atoms with Gasteiger partial charge in [-0.2, -0.15) is 0 Å². The first-order valence-electron chi connectivity index (χ1n) is 7.50. The van der Waals surface area contributed by atoms with Gasteiger partial charge in [0.1, 0.15) is 16.9 Å². The number of rotatable bonds is 7. The molecule has 1 amide bonds. The molecule has 1 aromatic carbocycles. The number of carbonyl (C=O) groups is 2. The molecule has 128 valence electrons. The van der Waals surface area contributed by atoms with Crippen molar-refractivity contribution in [2.24, 2.45) is 0 Å². The fraction of sp³-hybridized carbons (Fsp3) is 0.529. The number of anilines is 1. The average molecular weight is 323 g/mol. The molecule has 6 nitrogen and oxygen atoms in total. The van der Waals surface area contributed by atoms with E-state index in [0.29, 0.717) is 11.4 Å². The summed E-state index contributed by atoms with van der Waals surface area (Å²) in [7, 11) is 2.76. The largest absolute Gasteiger partial charge is 0.490 e. The highest BCUT2D eigenvalue weighted by molar-refractivity contribution is 5.99. The maximum Gasteiger partial charge on any atom is 0.341 e. The Morgan fingerprint density at radius 3 is 2.43 bits per heavy atom. The van der Waals surface area contributed by atoms with E-state index in [1.54, 1.807) is 26.0 Å². The number of benzene rings is 1. The minimum atomic E-state index is -0.975. The first-order chi connectivity index (χ1) is 10.7. The van der Waals surface area contributed by atoms with E-state index < -0.39 is 11.6 Å². The minimum Gasteiger partial charge on any atom is -0.490 e. The molecule has 0 aromatic heterocycles. The zero-order chi connectivity index (χ0) is 17.6. The highest BCUT2D eigenvalue weighted by Gasteiger charge is 2.27. The van der Waals surface area contributed by atoms with Gasteiger partial charge in [0.2, 0.25) is 0 Å². The number of ether oxygens (including phenoxy) is 3. The first kappa shape index (κ1) is 19.0. The van der Waals surface area contributed by atoms with Crippen molar-refractivity contribution in [3.63, 3.8) is 0 Å².